The number of anilines is 1. The second-order valence-electron chi connectivity index (χ2n) is 8.77. The zero-order valence-electron chi connectivity index (χ0n) is 21.0. The van der Waals surface area contributed by atoms with Gasteiger partial charge in [-0.1, -0.05) is 72.8 Å². The summed E-state index contributed by atoms with van der Waals surface area (Å²) in [5.74, 6) is -1.18. The highest BCUT2D eigenvalue weighted by molar-refractivity contribution is 5.97. The Morgan fingerprint density at radius 2 is 1.58 bits per heavy atom. The minimum absolute atomic E-state index is 0.169. The van der Waals surface area contributed by atoms with Gasteiger partial charge in [0.15, 0.2) is 0 Å². The highest BCUT2D eigenvalue weighted by atomic mass is 16.6. The molecule has 9 heteroatoms. The molecular formula is C29H28N4O5. The van der Waals surface area contributed by atoms with Crippen LogP contribution < -0.4 is 10.6 Å². The molecule has 0 bridgehead atoms. The number of aryl methyl sites for hydroxylation is 1. The Morgan fingerprint density at radius 1 is 0.947 bits per heavy atom. The molecule has 38 heavy (non-hydrogen) atoms. The van der Waals surface area contributed by atoms with E-state index in [0.29, 0.717) is 22.6 Å². The van der Waals surface area contributed by atoms with Crippen LogP contribution in [0, 0.1) is 0 Å². The first kappa shape index (κ1) is 26.2. The van der Waals surface area contributed by atoms with Crippen molar-refractivity contribution in [1.82, 2.24) is 14.9 Å². The quantitative estimate of drug-likeness (QED) is 0.295. The van der Waals surface area contributed by atoms with Gasteiger partial charge in [0.1, 0.15) is 23.7 Å². The number of aliphatic carboxylic acids is 1. The molecule has 0 saturated carbocycles. The number of carbonyl (C=O) groups excluding carboxylic acids is 2. The molecule has 2 amide bonds. The molecule has 4 aromatic rings. The van der Waals surface area contributed by atoms with Crippen molar-refractivity contribution < 1.29 is 24.2 Å². The van der Waals surface area contributed by atoms with Crippen LogP contribution in [-0.4, -0.2) is 38.7 Å². The van der Waals surface area contributed by atoms with Gasteiger partial charge in [0.25, 0.3) is 5.91 Å². The first-order chi connectivity index (χ1) is 18.3. The molecule has 3 N–H and O–H groups in total. The van der Waals surface area contributed by atoms with Crippen LogP contribution in [0.15, 0.2) is 91.3 Å². The van der Waals surface area contributed by atoms with Gasteiger partial charge in [-0.05, 0) is 30.2 Å². The second kappa shape index (κ2) is 11.9. The van der Waals surface area contributed by atoms with Gasteiger partial charge in [-0.3, -0.25) is 10.1 Å². The summed E-state index contributed by atoms with van der Waals surface area (Å²) < 4.78 is 7.17. The lowest BCUT2D eigenvalue weighted by molar-refractivity contribution is -0.139. The monoisotopic (exact) mass is 512 g/mol. The Morgan fingerprint density at radius 3 is 2.21 bits per heavy atom. The van der Waals surface area contributed by atoms with E-state index in [9.17, 15) is 19.5 Å². The normalized spacial score (nSPS) is 12.3. The number of ether oxygens (including phenoxy) is 1. The zero-order chi connectivity index (χ0) is 27.1. The van der Waals surface area contributed by atoms with E-state index in [2.05, 4.69) is 15.6 Å². The number of nitrogens with one attached hydrogen (secondary N) is 2. The lowest BCUT2D eigenvalue weighted by Gasteiger charge is -2.15. The van der Waals surface area contributed by atoms with Gasteiger partial charge in [0.2, 0.25) is 0 Å². The summed E-state index contributed by atoms with van der Waals surface area (Å²) in [5.41, 5.74) is 3.14. The molecule has 2 atom stereocenters. The largest absolute Gasteiger partial charge is 0.480 e. The maximum atomic E-state index is 12.8. The highest BCUT2D eigenvalue weighted by Gasteiger charge is 2.22. The number of hydrogen-bond acceptors (Lipinski definition) is 5. The number of rotatable bonds is 9. The van der Waals surface area contributed by atoms with Crippen LogP contribution in [0.25, 0.3) is 11.3 Å². The van der Waals surface area contributed by atoms with Gasteiger partial charge in [0, 0.05) is 24.6 Å². The first-order valence-electron chi connectivity index (χ1n) is 12.0. The molecule has 3 aromatic carbocycles. The molecule has 0 aliphatic carbocycles. The average molecular weight is 513 g/mol. The highest BCUT2D eigenvalue weighted by Crippen LogP contribution is 2.27. The van der Waals surface area contributed by atoms with Crippen molar-refractivity contribution in [2.24, 2.45) is 7.05 Å². The molecule has 0 aliphatic heterocycles. The van der Waals surface area contributed by atoms with Crippen LogP contribution in [-0.2, 0) is 23.0 Å². The Labute approximate surface area is 220 Å². The number of hydrogen-bond donors (Lipinski definition) is 3. The third-order valence-electron chi connectivity index (χ3n) is 6.02. The molecule has 0 spiro atoms. The molecule has 0 radical (unpaired) electrons. The molecular weight excluding hydrogens is 484 g/mol. The summed E-state index contributed by atoms with van der Waals surface area (Å²) in [6.45, 7) is 1.79. The lowest BCUT2D eigenvalue weighted by atomic mass is 10.0. The van der Waals surface area contributed by atoms with Crippen LogP contribution in [0.4, 0.5) is 10.6 Å². The van der Waals surface area contributed by atoms with Gasteiger partial charge < -0.3 is 19.7 Å². The summed E-state index contributed by atoms with van der Waals surface area (Å²) in [5, 5.41) is 14.9. The summed E-state index contributed by atoms with van der Waals surface area (Å²) in [4.78, 5) is 41.5. The number of carbonyl (C=O) groups is 3. The molecule has 9 nitrogen and oxygen atoms in total. The zero-order valence-corrected chi connectivity index (χ0v) is 21.0. The summed E-state index contributed by atoms with van der Waals surface area (Å²) in [7, 11) is 1.74. The van der Waals surface area contributed by atoms with Crippen LogP contribution in [0.2, 0.25) is 0 Å². The van der Waals surface area contributed by atoms with E-state index in [0.717, 1.165) is 11.1 Å². The molecule has 0 saturated heterocycles. The Balaban J connectivity index is 1.43. The fourth-order valence-electron chi connectivity index (χ4n) is 3.94. The number of aromatic nitrogens is 2. The second-order valence-corrected chi connectivity index (χ2v) is 8.77. The fourth-order valence-corrected chi connectivity index (χ4v) is 3.94. The van der Waals surface area contributed by atoms with Crippen molar-refractivity contribution in [1.29, 1.82) is 0 Å². The molecule has 194 valence electrons. The van der Waals surface area contributed by atoms with E-state index in [1.807, 2.05) is 60.7 Å². The van der Waals surface area contributed by atoms with Crippen molar-refractivity contribution in [3.63, 3.8) is 0 Å². The van der Waals surface area contributed by atoms with Gasteiger partial charge in [-0.25, -0.2) is 14.6 Å². The Kier molecular flexibility index (Phi) is 8.17. The SMILES string of the molecule is CC(OC(=O)Nc1c(-c2ccc(C(=O)NC(Cc3ccccc3)C(=O)O)cc2)ncn1C)c1ccccc1. The molecule has 2 unspecified atom stereocenters. The van der Waals surface area contributed by atoms with Crippen LogP contribution >= 0.6 is 0 Å². The Bertz CT molecular complexity index is 1400. The smallest absolute Gasteiger partial charge is 0.413 e. The number of carboxylic acids is 1. The lowest BCUT2D eigenvalue weighted by Crippen LogP contribution is -2.42. The molecule has 1 aromatic heterocycles. The van der Waals surface area contributed by atoms with Crippen molar-refractivity contribution in [2.45, 2.75) is 25.5 Å². The summed E-state index contributed by atoms with van der Waals surface area (Å²) >= 11 is 0. The molecule has 1 heterocycles. The van der Waals surface area contributed by atoms with E-state index in [1.165, 1.54) is 0 Å². The van der Waals surface area contributed by atoms with E-state index in [4.69, 9.17) is 4.74 Å². The topological polar surface area (TPSA) is 123 Å². The number of benzene rings is 3. The van der Waals surface area contributed by atoms with Gasteiger partial charge in [0.05, 0.1) is 6.33 Å². The van der Waals surface area contributed by atoms with E-state index < -0.39 is 30.1 Å². The predicted molar refractivity (Wildman–Crippen MR) is 143 cm³/mol. The van der Waals surface area contributed by atoms with E-state index >= 15 is 0 Å². The minimum Gasteiger partial charge on any atom is -0.480 e. The third-order valence-corrected chi connectivity index (χ3v) is 6.02. The third kappa shape index (κ3) is 6.44. The van der Waals surface area contributed by atoms with Crippen LogP contribution in [0.3, 0.4) is 0 Å². The number of nitrogens with zero attached hydrogens (tertiary/aromatic N) is 2. The minimum atomic E-state index is -1.11. The fraction of sp³-hybridized carbons (Fsp3) is 0.172. The van der Waals surface area contributed by atoms with Crippen molar-refractivity contribution >= 4 is 23.8 Å². The molecule has 4 rings (SSSR count). The van der Waals surface area contributed by atoms with Crippen LogP contribution in [0.5, 0.6) is 0 Å². The molecule has 0 fully saturated rings. The van der Waals surface area contributed by atoms with Gasteiger partial charge in [-0.15, -0.1) is 0 Å². The average Bonchev–Trinajstić information content (AvgIpc) is 3.28. The Hall–Kier alpha value is -4.92. The van der Waals surface area contributed by atoms with Crippen molar-refractivity contribution in [3.8, 4) is 11.3 Å². The number of imidazole rings is 1. The van der Waals surface area contributed by atoms with Crippen molar-refractivity contribution in [3.05, 3.63) is 108 Å². The van der Waals surface area contributed by atoms with Crippen molar-refractivity contribution in [2.75, 3.05) is 5.32 Å². The van der Waals surface area contributed by atoms with Crippen LogP contribution in [0.1, 0.15) is 34.5 Å². The predicted octanol–water partition coefficient (Wildman–Crippen LogP) is 4.82. The standard InChI is InChI=1S/C29H28N4O5/c1-19(21-11-7-4-8-12-21)38-29(37)32-26-25(30-18-33(26)2)22-13-15-23(16-14-22)27(34)31-24(28(35)36)17-20-9-5-3-6-10-20/h3-16,18-19,24H,17H2,1-2H3,(H,31,34)(H,32,37)(H,35,36). The van der Waals surface area contributed by atoms with Gasteiger partial charge >= 0.3 is 12.1 Å². The van der Waals surface area contributed by atoms with E-state index in [-0.39, 0.29) is 6.42 Å². The number of carboxylic acid groups (broad SMARTS) is 1. The maximum Gasteiger partial charge on any atom is 0.413 e. The number of amides is 2. The summed E-state index contributed by atoms with van der Waals surface area (Å²) in [6, 6.07) is 24.0. The summed E-state index contributed by atoms with van der Waals surface area (Å²) in [6.07, 6.45) is 0.664. The maximum absolute atomic E-state index is 12.8. The van der Waals surface area contributed by atoms with E-state index in [1.54, 1.807) is 49.1 Å². The first-order valence-corrected chi connectivity index (χ1v) is 12.0. The molecule has 0 aliphatic rings. The van der Waals surface area contributed by atoms with Gasteiger partial charge in [-0.2, -0.15) is 0 Å².